The summed E-state index contributed by atoms with van der Waals surface area (Å²) in [6.45, 7) is 0.0772. The number of hydrazone groups is 1. The van der Waals surface area contributed by atoms with Gasteiger partial charge >= 0.3 is 5.97 Å². The van der Waals surface area contributed by atoms with Crippen molar-refractivity contribution in [3.8, 4) is 0 Å². The van der Waals surface area contributed by atoms with E-state index in [9.17, 15) is 24.8 Å². The molecule has 0 radical (unpaired) electrons. The van der Waals surface area contributed by atoms with E-state index in [1.54, 1.807) is 24.3 Å². The molecule has 1 atom stereocenters. The Morgan fingerprint density at radius 1 is 1.26 bits per heavy atom. The molecule has 1 N–H and O–H groups in total. The number of carboxylic acids is 1. The lowest BCUT2D eigenvalue weighted by Gasteiger charge is -2.15. The maximum atomic E-state index is 13.1. The molecule has 9 nitrogen and oxygen atoms in total. The Kier molecular flexibility index (Phi) is 6.93. The third-order valence-corrected chi connectivity index (χ3v) is 5.17. The molecule has 1 aliphatic rings. The number of halogens is 1. The molecule has 2 aromatic carbocycles. The van der Waals surface area contributed by atoms with Gasteiger partial charge in [0, 0.05) is 29.3 Å². The average molecular weight is 488 g/mol. The van der Waals surface area contributed by atoms with Crippen LogP contribution in [0.2, 0.25) is 0 Å². The molecule has 3 rings (SSSR count). The second kappa shape index (κ2) is 9.63. The lowest BCUT2D eigenvalue weighted by Crippen LogP contribution is -2.29. The van der Waals surface area contributed by atoms with Crippen LogP contribution in [0.5, 0.6) is 0 Å². The number of carbonyl (C=O) groups is 2. The number of carbonyl (C=O) groups excluding carboxylic acids is 1. The summed E-state index contributed by atoms with van der Waals surface area (Å²) < 4.78 is 6.00. The number of aliphatic carboxylic acids is 1. The minimum atomic E-state index is -1.19. The maximum Gasteiger partial charge on any atom is 0.331 e. The predicted octanol–water partition coefficient (Wildman–Crippen LogP) is 3.88. The molecule has 0 aromatic heterocycles. The number of rotatable bonds is 8. The third kappa shape index (κ3) is 5.22. The number of methoxy groups -OCH3 is 1. The van der Waals surface area contributed by atoms with Crippen molar-refractivity contribution >= 4 is 51.0 Å². The zero-order chi connectivity index (χ0) is 22.5. The van der Waals surface area contributed by atoms with Crippen LogP contribution in [0, 0.1) is 16.0 Å². The van der Waals surface area contributed by atoms with E-state index in [1.807, 2.05) is 0 Å². The van der Waals surface area contributed by atoms with Gasteiger partial charge in [-0.15, -0.1) is 0 Å². The predicted molar refractivity (Wildman–Crippen MR) is 118 cm³/mol. The van der Waals surface area contributed by atoms with Gasteiger partial charge in [0.05, 0.1) is 28.8 Å². The van der Waals surface area contributed by atoms with Gasteiger partial charge in [-0.05, 0) is 54.5 Å². The minimum absolute atomic E-state index is 0.0198. The molecular weight excluding hydrogens is 470 g/mol. The van der Waals surface area contributed by atoms with E-state index in [1.165, 1.54) is 42.5 Å². The number of anilines is 1. The van der Waals surface area contributed by atoms with Crippen LogP contribution in [0.25, 0.3) is 6.08 Å². The van der Waals surface area contributed by atoms with Crippen LogP contribution < -0.4 is 5.01 Å². The van der Waals surface area contributed by atoms with Gasteiger partial charge < -0.3 is 9.84 Å². The largest absolute Gasteiger partial charge is 0.478 e. The van der Waals surface area contributed by atoms with Gasteiger partial charge in [-0.1, -0.05) is 15.9 Å². The molecule has 10 heteroatoms. The number of non-ortho nitro benzene ring substituents is 1. The molecule has 1 aliphatic heterocycles. The lowest BCUT2D eigenvalue weighted by atomic mass is 9.93. The van der Waals surface area contributed by atoms with Crippen LogP contribution in [-0.4, -0.2) is 41.3 Å². The Hall–Kier alpha value is -3.37. The van der Waals surface area contributed by atoms with Gasteiger partial charge in [0.15, 0.2) is 0 Å². The first-order valence-electron chi connectivity index (χ1n) is 9.14. The molecule has 1 heterocycles. The van der Waals surface area contributed by atoms with Crippen LogP contribution >= 0.6 is 15.9 Å². The Labute approximate surface area is 185 Å². The van der Waals surface area contributed by atoms with Crippen molar-refractivity contribution in [1.29, 1.82) is 0 Å². The topological polar surface area (TPSA) is 122 Å². The minimum Gasteiger partial charge on any atom is -0.478 e. The summed E-state index contributed by atoms with van der Waals surface area (Å²) >= 11 is 3.34. The molecule has 160 valence electrons. The number of carboxylic acid groups (broad SMARTS) is 1. The number of nitrogens with zero attached hydrogens (tertiary/aromatic N) is 3. The van der Waals surface area contributed by atoms with Gasteiger partial charge in [-0.25, -0.2) is 9.80 Å². The smallest absolute Gasteiger partial charge is 0.331 e. The van der Waals surface area contributed by atoms with Gasteiger partial charge in [0.1, 0.15) is 0 Å². The van der Waals surface area contributed by atoms with E-state index in [2.05, 4.69) is 21.0 Å². The molecule has 0 aliphatic carbocycles. The van der Waals surface area contributed by atoms with Gasteiger partial charge in [0.2, 0.25) is 0 Å². The van der Waals surface area contributed by atoms with Crippen molar-refractivity contribution in [2.24, 2.45) is 11.0 Å². The second-order valence-corrected chi connectivity index (χ2v) is 7.65. The van der Waals surface area contributed by atoms with Crippen molar-refractivity contribution < 1.29 is 24.4 Å². The monoisotopic (exact) mass is 487 g/mol. The maximum absolute atomic E-state index is 13.1. The summed E-state index contributed by atoms with van der Waals surface area (Å²) in [5, 5.41) is 26.1. The molecule has 0 saturated carbocycles. The lowest BCUT2D eigenvalue weighted by molar-refractivity contribution is -0.384. The Morgan fingerprint density at radius 3 is 2.45 bits per heavy atom. The highest BCUT2D eigenvalue weighted by Crippen LogP contribution is 2.29. The number of nitro groups is 1. The Bertz CT molecular complexity index is 1060. The summed E-state index contributed by atoms with van der Waals surface area (Å²) in [7, 11) is 1.47. The third-order valence-electron chi connectivity index (χ3n) is 4.64. The van der Waals surface area contributed by atoms with E-state index in [0.717, 1.165) is 4.47 Å². The molecule has 1 unspecified atom stereocenters. The number of benzene rings is 2. The highest BCUT2D eigenvalue weighted by molar-refractivity contribution is 9.10. The zero-order valence-electron chi connectivity index (χ0n) is 16.4. The highest BCUT2D eigenvalue weighted by atomic mass is 79.9. The van der Waals surface area contributed by atoms with Gasteiger partial charge in [-0.2, -0.15) is 5.10 Å². The first kappa shape index (κ1) is 22.3. The molecule has 2 aromatic rings. The van der Waals surface area contributed by atoms with Crippen molar-refractivity contribution in [3.63, 3.8) is 0 Å². The van der Waals surface area contributed by atoms with Gasteiger partial charge in [-0.3, -0.25) is 14.9 Å². The summed E-state index contributed by atoms with van der Waals surface area (Å²) in [4.78, 5) is 35.2. The summed E-state index contributed by atoms with van der Waals surface area (Å²) in [5.41, 5.74) is 1.34. The van der Waals surface area contributed by atoms with Gasteiger partial charge in [0.25, 0.3) is 11.6 Å². The normalized spacial score (nSPS) is 16.4. The fraction of sp³-hybridized carbons (Fsp3) is 0.190. The Balaban J connectivity index is 1.88. The van der Waals surface area contributed by atoms with E-state index < -0.39 is 16.8 Å². The Morgan fingerprint density at radius 2 is 1.90 bits per heavy atom. The number of ether oxygens (including phenoxy) is 1. The van der Waals surface area contributed by atoms with Crippen LogP contribution in [-0.2, 0) is 14.3 Å². The van der Waals surface area contributed by atoms with E-state index in [4.69, 9.17) is 4.74 Å². The quantitative estimate of drug-likeness (QED) is 0.342. The van der Waals surface area contributed by atoms with Crippen molar-refractivity contribution in [3.05, 3.63) is 74.3 Å². The standard InChI is InChI=1S/C21H18BrN3O6/c1-31-12-19-18(20(26)24(23-19)16-8-4-15(22)5-9-16)11-14(21(27)28)10-13-2-6-17(7-3-13)25(29)30/h2-10,18H,11-12H2,1H3,(H,27,28). The number of nitro benzene ring substituents is 1. The summed E-state index contributed by atoms with van der Waals surface area (Å²) in [6.07, 6.45) is 1.30. The first-order chi connectivity index (χ1) is 14.8. The molecule has 0 spiro atoms. The SMILES string of the molecule is COCC1=NN(c2ccc(Br)cc2)C(=O)C1CC(=Cc1ccc([N+](=O)[O-])cc1)C(=O)O. The molecule has 31 heavy (non-hydrogen) atoms. The van der Waals surface area contributed by atoms with Crippen LogP contribution in [0.15, 0.2) is 63.7 Å². The fourth-order valence-electron chi connectivity index (χ4n) is 3.11. The van der Waals surface area contributed by atoms with Crippen LogP contribution in [0.1, 0.15) is 12.0 Å². The van der Waals surface area contributed by atoms with Crippen molar-refractivity contribution in [1.82, 2.24) is 0 Å². The van der Waals surface area contributed by atoms with Crippen molar-refractivity contribution in [2.45, 2.75) is 6.42 Å². The molecule has 1 amide bonds. The number of amides is 1. The highest BCUT2D eigenvalue weighted by Gasteiger charge is 2.37. The number of hydrogen-bond donors (Lipinski definition) is 1. The first-order valence-corrected chi connectivity index (χ1v) is 9.93. The zero-order valence-corrected chi connectivity index (χ0v) is 18.0. The van der Waals surface area contributed by atoms with E-state index >= 15 is 0 Å². The molecular formula is C21H18BrN3O6. The summed E-state index contributed by atoms with van der Waals surface area (Å²) in [5.74, 6) is -2.35. The fourth-order valence-corrected chi connectivity index (χ4v) is 3.37. The number of hydrogen-bond acceptors (Lipinski definition) is 6. The summed E-state index contributed by atoms with van der Waals surface area (Å²) in [6, 6.07) is 12.5. The molecule has 0 bridgehead atoms. The average Bonchev–Trinajstić information content (AvgIpc) is 3.04. The van der Waals surface area contributed by atoms with Crippen LogP contribution in [0.3, 0.4) is 0 Å². The second-order valence-electron chi connectivity index (χ2n) is 6.73. The van der Waals surface area contributed by atoms with Crippen LogP contribution in [0.4, 0.5) is 11.4 Å². The molecule has 0 fully saturated rings. The van der Waals surface area contributed by atoms with E-state index in [-0.39, 0.29) is 30.2 Å². The van der Waals surface area contributed by atoms with Crippen molar-refractivity contribution in [2.75, 3.05) is 18.7 Å². The van der Waals surface area contributed by atoms with E-state index in [0.29, 0.717) is 17.0 Å². The molecule has 0 saturated heterocycles.